The van der Waals surface area contributed by atoms with Crippen LogP contribution >= 0.6 is 0 Å². The molecule has 0 fully saturated rings. The second-order valence-corrected chi connectivity index (χ2v) is 8.14. The van der Waals surface area contributed by atoms with E-state index in [9.17, 15) is 0 Å². The quantitative estimate of drug-likeness (QED) is 0.185. The number of hydrogen-bond acceptors (Lipinski definition) is 2. The Hall–Kier alpha value is -0.670. The second kappa shape index (κ2) is 16.5. The molecule has 0 aromatic heterocycles. The SMILES string of the molecule is CCCCCCCC/C=C\CCCCCCCC[N+]1(CCN)C=NCC1. The minimum absolute atomic E-state index is 0.776. The molecule has 3 heteroatoms. The van der Waals surface area contributed by atoms with Gasteiger partial charge >= 0.3 is 0 Å². The number of nitrogens with zero attached hydrogens (tertiary/aromatic N) is 2. The van der Waals surface area contributed by atoms with Crippen LogP contribution in [0.25, 0.3) is 0 Å². The third kappa shape index (κ3) is 11.9. The molecule has 0 bridgehead atoms. The van der Waals surface area contributed by atoms with Crippen molar-refractivity contribution in [2.24, 2.45) is 10.7 Å². The fraction of sp³-hybridized carbons (Fsp3) is 0.870. The van der Waals surface area contributed by atoms with Gasteiger partial charge in [0.25, 0.3) is 0 Å². The summed E-state index contributed by atoms with van der Waals surface area (Å²) in [7, 11) is 0. The Morgan fingerprint density at radius 3 is 1.92 bits per heavy atom. The number of aliphatic imine (C=N–C) groups is 1. The van der Waals surface area contributed by atoms with Crippen LogP contribution in [0.3, 0.4) is 0 Å². The van der Waals surface area contributed by atoms with E-state index in [4.69, 9.17) is 5.73 Å². The van der Waals surface area contributed by atoms with E-state index in [0.717, 1.165) is 24.1 Å². The zero-order valence-electron chi connectivity index (χ0n) is 17.6. The molecular weight excluding hydrogens is 318 g/mol. The molecular formula is C23H46N3+. The van der Waals surface area contributed by atoms with Gasteiger partial charge < -0.3 is 5.73 Å². The van der Waals surface area contributed by atoms with Gasteiger partial charge in [0.1, 0.15) is 6.54 Å². The fourth-order valence-corrected chi connectivity index (χ4v) is 3.93. The van der Waals surface area contributed by atoms with Crippen LogP contribution in [0.4, 0.5) is 0 Å². The minimum atomic E-state index is 0.776. The summed E-state index contributed by atoms with van der Waals surface area (Å²) in [6.07, 6.45) is 26.2. The molecule has 0 radical (unpaired) electrons. The van der Waals surface area contributed by atoms with Gasteiger partial charge in [-0.05, 0) is 38.5 Å². The van der Waals surface area contributed by atoms with Crippen molar-refractivity contribution >= 4 is 6.34 Å². The Kier molecular flexibility index (Phi) is 14.8. The summed E-state index contributed by atoms with van der Waals surface area (Å²) in [6.45, 7) is 7.52. The molecule has 2 N–H and O–H groups in total. The molecule has 0 spiro atoms. The van der Waals surface area contributed by atoms with E-state index in [0.29, 0.717) is 0 Å². The average molecular weight is 365 g/mol. The lowest BCUT2D eigenvalue weighted by molar-refractivity contribution is -0.827. The lowest BCUT2D eigenvalue weighted by Crippen LogP contribution is -2.49. The van der Waals surface area contributed by atoms with Crippen LogP contribution in [0.2, 0.25) is 0 Å². The predicted octanol–water partition coefficient (Wildman–Crippen LogP) is 5.84. The molecule has 0 amide bonds. The van der Waals surface area contributed by atoms with Crippen LogP contribution in [0.15, 0.2) is 17.1 Å². The van der Waals surface area contributed by atoms with Crippen molar-refractivity contribution in [3.8, 4) is 0 Å². The summed E-state index contributed by atoms with van der Waals surface area (Å²) < 4.78 is 1.04. The first-order valence-corrected chi connectivity index (χ1v) is 11.5. The maximum atomic E-state index is 5.77. The van der Waals surface area contributed by atoms with Gasteiger partial charge in [-0.25, -0.2) is 4.99 Å². The highest BCUT2D eigenvalue weighted by atomic mass is 15.4. The van der Waals surface area contributed by atoms with Crippen molar-refractivity contribution in [3.63, 3.8) is 0 Å². The van der Waals surface area contributed by atoms with E-state index in [1.165, 1.54) is 103 Å². The molecule has 26 heavy (non-hydrogen) atoms. The first kappa shape index (κ1) is 23.4. The topological polar surface area (TPSA) is 38.4 Å². The standard InChI is InChI=1S/C23H46N3/c1-2-3-4-5-6-7-8-9-10-11-12-13-14-15-16-17-20-26(21-18-24)22-19-25-23-26/h9-10,23H,2-8,11-22,24H2,1H3/q+1/b10-9-. The summed E-state index contributed by atoms with van der Waals surface area (Å²) in [6, 6.07) is 0. The van der Waals surface area contributed by atoms with Crippen LogP contribution < -0.4 is 5.73 Å². The predicted molar refractivity (Wildman–Crippen MR) is 117 cm³/mol. The van der Waals surface area contributed by atoms with E-state index in [1.807, 2.05) is 0 Å². The maximum absolute atomic E-state index is 5.77. The van der Waals surface area contributed by atoms with Crippen molar-refractivity contribution in [3.05, 3.63) is 12.2 Å². The van der Waals surface area contributed by atoms with E-state index in [1.54, 1.807) is 0 Å². The number of allylic oxidation sites excluding steroid dienone is 2. The molecule has 0 aliphatic carbocycles. The Balaban J connectivity index is 1.83. The summed E-state index contributed by atoms with van der Waals surface area (Å²) in [5, 5.41) is 0. The lowest BCUT2D eigenvalue weighted by Gasteiger charge is -2.29. The molecule has 1 aliphatic heterocycles. The number of hydrogen-bond donors (Lipinski definition) is 1. The molecule has 0 saturated carbocycles. The number of rotatable bonds is 18. The maximum Gasteiger partial charge on any atom is 0.185 e. The summed E-state index contributed by atoms with van der Waals surface area (Å²) in [4.78, 5) is 4.43. The molecule has 1 aliphatic rings. The summed E-state index contributed by atoms with van der Waals surface area (Å²) in [5.41, 5.74) is 5.77. The van der Waals surface area contributed by atoms with E-state index in [-0.39, 0.29) is 0 Å². The van der Waals surface area contributed by atoms with Crippen molar-refractivity contribution in [1.29, 1.82) is 0 Å². The van der Waals surface area contributed by atoms with Crippen molar-refractivity contribution < 1.29 is 4.48 Å². The summed E-state index contributed by atoms with van der Waals surface area (Å²) >= 11 is 0. The summed E-state index contributed by atoms with van der Waals surface area (Å²) in [5.74, 6) is 0. The Labute approximate surface area is 163 Å². The van der Waals surface area contributed by atoms with E-state index >= 15 is 0 Å². The molecule has 1 heterocycles. The highest BCUT2D eigenvalue weighted by Crippen LogP contribution is 2.14. The Morgan fingerprint density at radius 1 is 0.808 bits per heavy atom. The van der Waals surface area contributed by atoms with Crippen LogP contribution in [0.1, 0.15) is 96.8 Å². The molecule has 0 aromatic carbocycles. The fourth-order valence-electron chi connectivity index (χ4n) is 3.93. The smallest absolute Gasteiger partial charge is 0.185 e. The van der Waals surface area contributed by atoms with Gasteiger partial charge in [0.05, 0.1) is 19.6 Å². The van der Waals surface area contributed by atoms with Crippen molar-refractivity contribution in [2.75, 3.05) is 32.7 Å². The third-order valence-electron chi connectivity index (χ3n) is 5.69. The number of nitrogens with two attached hydrogens (primary N) is 1. The lowest BCUT2D eigenvalue weighted by atomic mass is 10.1. The Bertz CT molecular complexity index is 364. The van der Waals surface area contributed by atoms with E-state index in [2.05, 4.69) is 30.4 Å². The van der Waals surface area contributed by atoms with Crippen molar-refractivity contribution in [1.82, 2.24) is 0 Å². The molecule has 152 valence electrons. The van der Waals surface area contributed by atoms with Gasteiger partial charge in [-0.1, -0.05) is 70.4 Å². The monoisotopic (exact) mass is 364 g/mol. The van der Waals surface area contributed by atoms with Gasteiger partial charge in [0.2, 0.25) is 0 Å². The van der Waals surface area contributed by atoms with Crippen LogP contribution in [-0.4, -0.2) is 43.5 Å². The van der Waals surface area contributed by atoms with E-state index < -0.39 is 0 Å². The zero-order valence-corrected chi connectivity index (χ0v) is 17.6. The van der Waals surface area contributed by atoms with Gasteiger partial charge in [-0.3, -0.25) is 4.48 Å². The number of quaternary nitrogens is 1. The second-order valence-electron chi connectivity index (χ2n) is 8.14. The first-order valence-electron chi connectivity index (χ1n) is 11.5. The molecule has 0 saturated heterocycles. The normalized spacial score (nSPS) is 19.8. The largest absolute Gasteiger partial charge is 0.326 e. The number of unbranched alkanes of at least 4 members (excludes halogenated alkanes) is 12. The highest BCUT2D eigenvalue weighted by Gasteiger charge is 2.27. The zero-order chi connectivity index (χ0) is 18.8. The first-order chi connectivity index (χ1) is 12.8. The van der Waals surface area contributed by atoms with Gasteiger partial charge in [-0.15, -0.1) is 0 Å². The third-order valence-corrected chi connectivity index (χ3v) is 5.69. The highest BCUT2D eigenvalue weighted by molar-refractivity contribution is 5.48. The molecule has 3 nitrogen and oxygen atoms in total. The Morgan fingerprint density at radius 2 is 1.38 bits per heavy atom. The van der Waals surface area contributed by atoms with Gasteiger partial charge in [0, 0.05) is 6.54 Å². The van der Waals surface area contributed by atoms with Gasteiger partial charge in [-0.2, -0.15) is 0 Å². The minimum Gasteiger partial charge on any atom is -0.326 e. The van der Waals surface area contributed by atoms with Crippen LogP contribution in [0.5, 0.6) is 0 Å². The average Bonchev–Trinajstić information content (AvgIpc) is 3.10. The van der Waals surface area contributed by atoms with Crippen LogP contribution in [-0.2, 0) is 0 Å². The molecule has 1 rings (SSSR count). The van der Waals surface area contributed by atoms with Crippen molar-refractivity contribution in [2.45, 2.75) is 96.8 Å². The molecule has 0 aromatic rings. The molecule has 1 unspecified atom stereocenters. The molecule has 1 atom stereocenters. The van der Waals surface area contributed by atoms with Crippen LogP contribution in [0, 0.1) is 0 Å². The van der Waals surface area contributed by atoms with Gasteiger partial charge in [0.15, 0.2) is 6.34 Å².